The molecule has 13 nitrogen and oxygen atoms in total. The summed E-state index contributed by atoms with van der Waals surface area (Å²) in [5, 5.41) is 5.95. The zero-order chi connectivity index (χ0) is 37.3. The minimum absolute atomic E-state index is 0.00289. The smallest absolute Gasteiger partial charge is 0.223 e. The molecule has 280 valence electrons. The first-order valence-corrected chi connectivity index (χ1v) is 18.1. The lowest BCUT2D eigenvalue weighted by Crippen LogP contribution is -2.46. The van der Waals surface area contributed by atoms with Gasteiger partial charge in [-0.1, -0.05) is 57.5 Å². The van der Waals surface area contributed by atoms with Gasteiger partial charge in [-0.25, -0.2) is 0 Å². The van der Waals surface area contributed by atoms with Crippen LogP contribution in [0.1, 0.15) is 110 Å². The van der Waals surface area contributed by atoms with Crippen LogP contribution in [0, 0.1) is 17.8 Å². The maximum atomic E-state index is 13.9. The Balaban J connectivity index is 2.84. The molecule has 0 aromatic heterocycles. The van der Waals surface area contributed by atoms with Gasteiger partial charge >= 0.3 is 0 Å². The van der Waals surface area contributed by atoms with Gasteiger partial charge in [-0.15, -0.1) is 0 Å². The van der Waals surface area contributed by atoms with Gasteiger partial charge in [-0.2, -0.15) is 0 Å². The number of hydrogen-bond donors (Lipinski definition) is 6. The second-order valence-electron chi connectivity index (χ2n) is 13.2. The van der Waals surface area contributed by atoms with Gasteiger partial charge in [0.25, 0.3) is 0 Å². The molecule has 0 aliphatic heterocycles. The van der Waals surface area contributed by atoms with Crippen molar-refractivity contribution in [3.05, 3.63) is 35.9 Å². The van der Waals surface area contributed by atoms with Crippen molar-refractivity contribution in [1.82, 2.24) is 10.6 Å². The van der Waals surface area contributed by atoms with E-state index in [1.54, 1.807) is 0 Å². The van der Waals surface area contributed by atoms with Crippen molar-refractivity contribution in [2.75, 3.05) is 19.6 Å². The highest BCUT2D eigenvalue weighted by atomic mass is 16.2. The molecule has 50 heavy (non-hydrogen) atoms. The predicted molar refractivity (Wildman–Crippen MR) is 199 cm³/mol. The fourth-order valence-corrected chi connectivity index (χ4v) is 5.56. The van der Waals surface area contributed by atoms with E-state index in [1.165, 1.54) is 0 Å². The molecule has 1 aromatic rings. The van der Waals surface area contributed by atoms with Crippen molar-refractivity contribution < 1.29 is 24.0 Å². The SMILES string of the molecule is CCC(CCCN=C(N)N)C(=O)NC(Cc1ccccc1)C(=O)CC(CCCN=C(N)N)C(=O)NCCCCCC(=O)CCCC(=O)C(C)C. The molecule has 3 atom stereocenters. The largest absolute Gasteiger partial charge is 0.370 e. The third kappa shape index (κ3) is 20.3. The molecule has 0 aliphatic rings. The molecule has 0 bridgehead atoms. The molecule has 13 heteroatoms. The molecule has 0 saturated carbocycles. The average Bonchev–Trinajstić information content (AvgIpc) is 3.07. The summed E-state index contributed by atoms with van der Waals surface area (Å²) in [6, 6.07) is 8.63. The lowest BCUT2D eigenvalue weighted by Gasteiger charge is -2.24. The summed E-state index contributed by atoms with van der Waals surface area (Å²) in [7, 11) is 0. The molecule has 0 heterocycles. The summed E-state index contributed by atoms with van der Waals surface area (Å²) in [6.45, 7) is 6.80. The molecule has 10 N–H and O–H groups in total. The predicted octanol–water partition coefficient (Wildman–Crippen LogP) is 3.06. The van der Waals surface area contributed by atoms with E-state index in [0.717, 1.165) is 12.0 Å². The van der Waals surface area contributed by atoms with Crippen molar-refractivity contribution in [3.63, 3.8) is 0 Å². The first-order valence-electron chi connectivity index (χ1n) is 18.1. The van der Waals surface area contributed by atoms with Gasteiger partial charge in [0.15, 0.2) is 17.7 Å². The lowest BCUT2D eigenvalue weighted by molar-refractivity contribution is -0.133. The average molecular weight is 699 g/mol. The van der Waals surface area contributed by atoms with E-state index >= 15 is 0 Å². The van der Waals surface area contributed by atoms with Gasteiger partial charge in [0, 0.05) is 63.1 Å². The molecule has 0 aliphatic carbocycles. The Morgan fingerprint density at radius 1 is 0.700 bits per heavy atom. The quantitative estimate of drug-likeness (QED) is 0.0428. The number of amides is 2. The molecular weight excluding hydrogens is 636 g/mol. The normalized spacial score (nSPS) is 12.7. The number of nitrogens with two attached hydrogens (primary N) is 4. The number of unbranched alkanes of at least 4 members (excludes halogenated alkanes) is 2. The zero-order valence-electron chi connectivity index (χ0n) is 30.5. The number of hydrogen-bond acceptors (Lipinski definition) is 7. The second-order valence-corrected chi connectivity index (χ2v) is 13.2. The number of carbonyl (C=O) groups is 5. The maximum absolute atomic E-state index is 13.9. The Kier molecular flexibility index (Phi) is 22.4. The number of carbonyl (C=O) groups excluding carboxylic acids is 5. The number of benzene rings is 1. The van der Waals surface area contributed by atoms with E-state index in [2.05, 4.69) is 20.6 Å². The summed E-state index contributed by atoms with van der Waals surface area (Å²) >= 11 is 0. The van der Waals surface area contributed by atoms with Crippen LogP contribution in [-0.2, 0) is 30.4 Å². The van der Waals surface area contributed by atoms with Crippen molar-refractivity contribution in [3.8, 4) is 0 Å². The molecule has 0 spiro atoms. The van der Waals surface area contributed by atoms with E-state index in [4.69, 9.17) is 22.9 Å². The number of nitrogens with zero attached hydrogens (tertiary/aromatic N) is 2. The number of aliphatic imine (C=N–C) groups is 2. The number of nitrogens with one attached hydrogen (secondary N) is 2. The zero-order valence-corrected chi connectivity index (χ0v) is 30.5. The van der Waals surface area contributed by atoms with Crippen LogP contribution in [0.4, 0.5) is 0 Å². The van der Waals surface area contributed by atoms with Crippen molar-refractivity contribution in [2.45, 2.75) is 117 Å². The summed E-state index contributed by atoms with van der Waals surface area (Å²) in [5.41, 5.74) is 22.7. The van der Waals surface area contributed by atoms with Crippen LogP contribution in [-0.4, -0.2) is 66.8 Å². The van der Waals surface area contributed by atoms with Gasteiger partial charge < -0.3 is 33.6 Å². The molecule has 0 fully saturated rings. The summed E-state index contributed by atoms with van der Waals surface area (Å²) in [6.07, 6.45) is 6.95. The second kappa shape index (κ2) is 25.6. The summed E-state index contributed by atoms with van der Waals surface area (Å²) in [5.74, 6) is -1.37. The third-order valence-corrected chi connectivity index (χ3v) is 8.63. The Morgan fingerprint density at radius 2 is 1.30 bits per heavy atom. The minimum Gasteiger partial charge on any atom is -0.370 e. The monoisotopic (exact) mass is 698 g/mol. The van der Waals surface area contributed by atoms with Gasteiger partial charge in [-0.05, 0) is 63.4 Å². The first kappa shape index (κ1) is 43.7. The number of ketones is 3. The van der Waals surface area contributed by atoms with Gasteiger partial charge in [-0.3, -0.25) is 34.0 Å². The third-order valence-electron chi connectivity index (χ3n) is 8.63. The van der Waals surface area contributed by atoms with Crippen molar-refractivity contribution in [2.24, 2.45) is 50.7 Å². The van der Waals surface area contributed by atoms with Crippen LogP contribution in [0.15, 0.2) is 40.3 Å². The van der Waals surface area contributed by atoms with Crippen LogP contribution in [0.3, 0.4) is 0 Å². The van der Waals surface area contributed by atoms with E-state index in [-0.39, 0.29) is 59.3 Å². The van der Waals surface area contributed by atoms with Crippen LogP contribution in [0.5, 0.6) is 0 Å². The molecule has 3 unspecified atom stereocenters. The summed E-state index contributed by atoms with van der Waals surface area (Å²) < 4.78 is 0. The van der Waals surface area contributed by atoms with Gasteiger partial charge in [0.05, 0.1) is 6.04 Å². The van der Waals surface area contributed by atoms with Crippen LogP contribution < -0.4 is 33.6 Å². The molecule has 0 saturated heterocycles. The van der Waals surface area contributed by atoms with Crippen LogP contribution in [0.2, 0.25) is 0 Å². The Bertz CT molecular complexity index is 1240. The highest BCUT2D eigenvalue weighted by Gasteiger charge is 2.29. The fourth-order valence-electron chi connectivity index (χ4n) is 5.56. The molecule has 1 rings (SSSR count). The molecule has 2 amide bonds. The van der Waals surface area contributed by atoms with Gasteiger partial charge in [0.2, 0.25) is 11.8 Å². The molecule has 0 radical (unpaired) electrons. The van der Waals surface area contributed by atoms with E-state index in [0.29, 0.717) is 96.7 Å². The van der Waals surface area contributed by atoms with Crippen molar-refractivity contribution in [1.29, 1.82) is 0 Å². The highest BCUT2D eigenvalue weighted by molar-refractivity contribution is 5.93. The van der Waals surface area contributed by atoms with E-state index in [1.807, 2.05) is 51.1 Å². The number of rotatable bonds is 28. The molecule has 1 aromatic carbocycles. The Hall–Kier alpha value is -4.29. The fraction of sp³-hybridized carbons (Fsp3) is 0.649. The van der Waals surface area contributed by atoms with Crippen molar-refractivity contribution >= 4 is 41.1 Å². The number of guanidine groups is 2. The Labute approximate surface area is 298 Å². The topological polar surface area (TPSA) is 238 Å². The number of Topliss-reactive ketones (excluding diaryl/α,β-unsaturated/α-hetero) is 3. The summed E-state index contributed by atoms with van der Waals surface area (Å²) in [4.78, 5) is 72.5. The molecular formula is C37H62N8O5. The van der Waals surface area contributed by atoms with Crippen LogP contribution in [0.25, 0.3) is 0 Å². The maximum Gasteiger partial charge on any atom is 0.223 e. The van der Waals surface area contributed by atoms with Crippen LogP contribution >= 0.6 is 0 Å². The Morgan fingerprint density at radius 3 is 1.88 bits per heavy atom. The van der Waals surface area contributed by atoms with E-state index < -0.39 is 12.0 Å². The standard InChI is InChI=1S/C37H62N8O5/c1-4-28(16-12-22-43-36(38)39)35(50)45-31(24-27-14-7-5-8-15-27)33(48)25-29(17-13-23-44-37(40)41)34(49)42-21-10-6-9-18-30(46)19-11-20-32(47)26(2)3/h5,7-8,14-15,26,28-29,31H,4,6,9-13,16-25H2,1-3H3,(H,42,49)(H,45,50)(H4,38,39,43)(H4,40,41,44). The highest BCUT2D eigenvalue weighted by Crippen LogP contribution is 2.18. The van der Waals surface area contributed by atoms with E-state index in [9.17, 15) is 24.0 Å². The minimum atomic E-state index is -0.814. The first-order chi connectivity index (χ1) is 23.8. The lowest BCUT2D eigenvalue weighted by atomic mass is 9.90. The van der Waals surface area contributed by atoms with Gasteiger partial charge in [0.1, 0.15) is 11.6 Å².